The molecule has 0 radical (unpaired) electrons. The summed E-state index contributed by atoms with van der Waals surface area (Å²) in [6.07, 6.45) is 2.10. The van der Waals surface area contributed by atoms with Crippen LogP contribution in [0.3, 0.4) is 0 Å². The Morgan fingerprint density at radius 1 is 1.50 bits per heavy atom. The molecule has 0 aromatic heterocycles. The molecule has 0 aliphatic heterocycles. The molecule has 8 heavy (non-hydrogen) atoms. The lowest BCUT2D eigenvalue weighted by Gasteiger charge is -1.79. The fourth-order valence-electron chi connectivity index (χ4n) is 0.217. The van der Waals surface area contributed by atoms with Crippen LogP contribution in [0.15, 0.2) is 11.8 Å². The van der Waals surface area contributed by atoms with Crippen molar-refractivity contribution >= 4 is 12.6 Å². The number of rotatable bonds is 3. The summed E-state index contributed by atoms with van der Waals surface area (Å²) in [4.78, 5) is 19.1. The molecular weight excluding hydrogens is 108 g/mol. The molecule has 3 heteroatoms. The molecule has 0 rings (SSSR count). The topological polar surface area (TPSA) is 54.4 Å². The van der Waals surface area contributed by atoms with E-state index in [0.717, 1.165) is 6.08 Å². The van der Waals surface area contributed by atoms with E-state index >= 15 is 0 Å². The molecule has 0 heterocycles. The average molecular weight is 114 g/mol. The summed E-state index contributed by atoms with van der Waals surface area (Å²) >= 11 is 0. The van der Waals surface area contributed by atoms with Crippen LogP contribution in [0.25, 0.3) is 0 Å². The SMILES string of the molecule is O=CCC=C(O)C=O. The number of aliphatic hydroxyl groups excluding tert-OH is 1. The molecule has 0 saturated carbocycles. The highest BCUT2D eigenvalue weighted by Crippen LogP contribution is 1.82. The van der Waals surface area contributed by atoms with Gasteiger partial charge in [0.25, 0.3) is 0 Å². The normalized spacial score (nSPS) is 10.8. The predicted octanol–water partition coefficient (Wildman–Crippen LogP) is 0.216. The Labute approximate surface area is 46.6 Å². The molecule has 0 fully saturated rings. The molecule has 0 amide bonds. The summed E-state index contributed by atoms with van der Waals surface area (Å²) in [6.45, 7) is 0. The third-order valence-electron chi connectivity index (χ3n) is 0.544. The van der Waals surface area contributed by atoms with E-state index in [-0.39, 0.29) is 12.7 Å². The maximum Gasteiger partial charge on any atom is 0.184 e. The van der Waals surface area contributed by atoms with E-state index in [1.807, 2.05) is 0 Å². The van der Waals surface area contributed by atoms with Gasteiger partial charge in [-0.1, -0.05) is 0 Å². The van der Waals surface area contributed by atoms with Crippen LogP contribution in [0.4, 0.5) is 0 Å². The van der Waals surface area contributed by atoms with E-state index in [1.165, 1.54) is 0 Å². The van der Waals surface area contributed by atoms with E-state index in [9.17, 15) is 9.59 Å². The summed E-state index contributed by atoms with van der Waals surface area (Å²) in [6, 6.07) is 0. The Kier molecular flexibility index (Phi) is 3.48. The first-order chi connectivity index (χ1) is 3.81. The smallest absolute Gasteiger partial charge is 0.184 e. The first-order valence-corrected chi connectivity index (χ1v) is 2.09. The second kappa shape index (κ2) is 4.05. The van der Waals surface area contributed by atoms with Gasteiger partial charge in [-0.3, -0.25) is 4.79 Å². The lowest BCUT2D eigenvalue weighted by atomic mass is 10.4. The molecule has 0 aliphatic rings. The van der Waals surface area contributed by atoms with Gasteiger partial charge in [0.15, 0.2) is 12.0 Å². The number of aldehydes is 2. The Hall–Kier alpha value is -1.12. The minimum Gasteiger partial charge on any atom is -0.505 e. The van der Waals surface area contributed by atoms with Crippen LogP contribution >= 0.6 is 0 Å². The van der Waals surface area contributed by atoms with Crippen LogP contribution in [-0.4, -0.2) is 17.7 Å². The Morgan fingerprint density at radius 3 is 2.50 bits per heavy atom. The molecular formula is C5H6O3. The lowest BCUT2D eigenvalue weighted by molar-refractivity contribution is -0.107. The first kappa shape index (κ1) is 6.88. The number of carbonyl (C=O) groups is 2. The highest BCUT2D eigenvalue weighted by atomic mass is 16.3. The van der Waals surface area contributed by atoms with Crippen LogP contribution in [0.2, 0.25) is 0 Å². The van der Waals surface area contributed by atoms with Crippen LogP contribution in [0, 0.1) is 0 Å². The number of hydrogen-bond donors (Lipinski definition) is 1. The fraction of sp³-hybridized carbons (Fsp3) is 0.200. The van der Waals surface area contributed by atoms with Crippen molar-refractivity contribution in [1.82, 2.24) is 0 Å². The monoisotopic (exact) mass is 114 g/mol. The van der Waals surface area contributed by atoms with Gasteiger partial charge in [-0.05, 0) is 6.08 Å². The first-order valence-electron chi connectivity index (χ1n) is 2.09. The Morgan fingerprint density at radius 2 is 2.12 bits per heavy atom. The van der Waals surface area contributed by atoms with E-state index in [2.05, 4.69) is 0 Å². The van der Waals surface area contributed by atoms with Gasteiger partial charge < -0.3 is 9.90 Å². The van der Waals surface area contributed by atoms with Gasteiger partial charge in [0.05, 0.1) is 0 Å². The summed E-state index contributed by atoms with van der Waals surface area (Å²) in [7, 11) is 0. The van der Waals surface area contributed by atoms with Crippen molar-refractivity contribution in [3.63, 3.8) is 0 Å². The van der Waals surface area contributed by atoms with Gasteiger partial charge in [0.1, 0.15) is 6.29 Å². The van der Waals surface area contributed by atoms with Crippen LogP contribution < -0.4 is 0 Å². The molecule has 0 spiro atoms. The number of aliphatic hydroxyl groups is 1. The molecule has 0 aromatic carbocycles. The zero-order chi connectivity index (χ0) is 6.41. The van der Waals surface area contributed by atoms with Crippen molar-refractivity contribution in [2.45, 2.75) is 6.42 Å². The van der Waals surface area contributed by atoms with E-state index in [1.54, 1.807) is 0 Å². The number of carbonyl (C=O) groups excluding carboxylic acids is 2. The van der Waals surface area contributed by atoms with Gasteiger partial charge in [-0.2, -0.15) is 0 Å². The molecule has 1 N–H and O–H groups in total. The Bertz CT molecular complexity index is 115. The molecule has 0 unspecified atom stereocenters. The van der Waals surface area contributed by atoms with E-state index < -0.39 is 5.76 Å². The second-order valence-corrected chi connectivity index (χ2v) is 1.15. The standard InChI is InChI=1S/C5H6O3/c6-3-1-2-5(8)4-7/h2-4,8H,1H2. The van der Waals surface area contributed by atoms with Crippen molar-refractivity contribution < 1.29 is 14.7 Å². The van der Waals surface area contributed by atoms with E-state index in [0.29, 0.717) is 6.29 Å². The zero-order valence-corrected chi connectivity index (χ0v) is 4.20. The van der Waals surface area contributed by atoms with Crippen LogP contribution in [0.5, 0.6) is 0 Å². The van der Waals surface area contributed by atoms with Gasteiger partial charge in [-0.25, -0.2) is 0 Å². The minimum atomic E-state index is -0.392. The largest absolute Gasteiger partial charge is 0.505 e. The third-order valence-corrected chi connectivity index (χ3v) is 0.544. The molecule has 0 aromatic rings. The van der Waals surface area contributed by atoms with Crippen molar-refractivity contribution in [2.75, 3.05) is 0 Å². The molecule has 0 bridgehead atoms. The van der Waals surface area contributed by atoms with Gasteiger partial charge in [0, 0.05) is 6.42 Å². The second-order valence-electron chi connectivity index (χ2n) is 1.15. The maximum atomic E-state index is 9.58. The van der Waals surface area contributed by atoms with Gasteiger partial charge in [-0.15, -0.1) is 0 Å². The summed E-state index contributed by atoms with van der Waals surface area (Å²) in [5.74, 6) is -0.392. The lowest BCUT2D eigenvalue weighted by Crippen LogP contribution is -1.80. The maximum absolute atomic E-state index is 9.58. The predicted molar refractivity (Wildman–Crippen MR) is 27.5 cm³/mol. The molecule has 0 saturated heterocycles. The zero-order valence-electron chi connectivity index (χ0n) is 4.20. The summed E-state index contributed by atoms with van der Waals surface area (Å²) in [5.41, 5.74) is 0. The number of allylic oxidation sites excluding steroid dienone is 2. The summed E-state index contributed by atoms with van der Waals surface area (Å²) < 4.78 is 0. The molecule has 3 nitrogen and oxygen atoms in total. The van der Waals surface area contributed by atoms with Crippen molar-refractivity contribution in [3.05, 3.63) is 11.8 Å². The van der Waals surface area contributed by atoms with Crippen molar-refractivity contribution in [1.29, 1.82) is 0 Å². The molecule has 0 aliphatic carbocycles. The number of hydrogen-bond acceptors (Lipinski definition) is 3. The third kappa shape index (κ3) is 3.08. The van der Waals surface area contributed by atoms with Crippen molar-refractivity contribution in [3.8, 4) is 0 Å². The summed E-state index contributed by atoms with van der Waals surface area (Å²) in [5, 5.41) is 8.32. The van der Waals surface area contributed by atoms with Crippen LogP contribution in [0.1, 0.15) is 6.42 Å². The highest BCUT2D eigenvalue weighted by Gasteiger charge is 1.82. The van der Waals surface area contributed by atoms with Crippen LogP contribution in [-0.2, 0) is 9.59 Å². The molecule has 0 atom stereocenters. The van der Waals surface area contributed by atoms with E-state index in [4.69, 9.17) is 5.11 Å². The quantitative estimate of drug-likeness (QED) is 0.324. The Balaban J connectivity index is 3.56. The molecule has 44 valence electrons. The highest BCUT2D eigenvalue weighted by molar-refractivity contribution is 5.70. The van der Waals surface area contributed by atoms with Gasteiger partial charge in [0.2, 0.25) is 0 Å². The van der Waals surface area contributed by atoms with Crippen molar-refractivity contribution in [2.24, 2.45) is 0 Å². The van der Waals surface area contributed by atoms with Gasteiger partial charge >= 0.3 is 0 Å². The average Bonchev–Trinajstić information content (AvgIpc) is 1.83. The minimum absolute atomic E-state index is 0.0879. The fourth-order valence-corrected chi connectivity index (χ4v) is 0.217.